The second-order valence-corrected chi connectivity index (χ2v) is 11.1. The van der Waals surface area contributed by atoms with E-state index in [1.165, 1.54) is 6.92 Å². The predicted octanol–water partition coefficient (Wildman–Crippen LogP) is 6.22. The molecule has 1 heterocycles. The predicted molar refractivity (Wildman–Crippen MR) is 149 cm³/mol. The molecular formula is C28H36Cl3NO5. The van der Waals surface area contributed by atoms with Gasteiger partial charge in [-0.15, -0.1) is 11.6 Å². The van der Waals surface area contributed by atoms with E-state index in [2.05, 4.69) is 37.8 Å². The van der Waals surface area contributed by atoms with Crippen LogP contribution in [0.2, 0.25) is 10.0 Å². The molecule has 2 aromatic carbocycles. The number of alkyl halides is 1. The number of rotatable bonds is 12. The molecule has 0 aromatic heterocycles. The van der Waals surface area contributed by atoms with Crippen LogP contribution in [0.25, 0.3) is 0 Å². The third kappa shape index (κ3) is 8.66. The third-order valence-corrected chi connectivity index (χ3v) is 7.33. The van der Waals surface area contributed by atoms with Crippen LogP contribution >= 0.6 is 34.8 Å². The first-order valence-corrected chi connectivity index (χ1v) is 13.8. The summed E-state index contributed by atoms with van der Waals surface area (Å²) < 4.78 is 22.3. The number of hydrogen-bond donors (Lipinski definition) is 0. The molecule has 1 aliphatic heterocycles. The normalized spacial score (nSPS) is 16.2. The largest absolute Gasteiger partial charge is 0.493 e. The Labute approximate surface area is 235 Å². The second-order valence-electron chi connectivity index (χ2n) is 9.94. The van der Waals surface area contributed by atoms with Crippen LogP contribution in [0.15, 0.2) is 36.4 Å². The van der Waals surface area contributed by atoms with E-state index in [4.69, 9.17) is 53.8 Å². The summed E-state index contributed by atoms with van der Waals surface area (Å²) in [4.78, 5) is 13.6. The van der Waals surface area contributed by atoms with E-state index in [1.54, 1.807) is 0 Å². The van der Waals surface area contributed by atoms with E-state index in [-0.39, 0.29) is 17.9 Å². The van der Waals surface area contributed by atoms with Gasteiger partial charge in [-0.3, -0.25) is 9.69 Å². The van der Waals surface area contributed by atoms with E-state index >= 15 is 0 Å². The van der Waals surface area contributed by atoms with Crippen LogP contribution in [0.1, 0.15) is 38.8 Å². The molecule has 9 heteroatoms. The lowest BCUT2D eigenvalue weighted by molar-refractivity contribution is -0.146. The topological polar surface area (TPSA) is 57.2 Å². The highest BCUT2D eigenvalue weighted by molar-refractivity contribution is 6.37. The summed E-state index contributed by atoms with van der Waals surface area (Å²) in [5.74, 6) is 1.28. The quantitative estimate of drug-likeness (QED) is 0.222. The number of benzene rings is 2. The summed E-state index contributed by atoms with van der Waals surface area (Å²) in [6, 6.07) is 11.8. The number of carbonyl (C=O) groups is 1. The molecule has 0 bridgehead atoms. The minimum Gasteiger partial charge on any atom is -0.493 e. The summed E-state index contributed by atoms with van der Waals surface area (Å²) in [6.07, 6.45) is -0.592. The fourth-order valence-electron chi connectivity index (χ4n) is 4.23. The molecule has 204 valence electrons. The van der Waals surface area contributed by atoms with Gasteiger partial charge < -0.3 is 18.9 Å². The zero-order valence-electron chi connectivity index (χ0n) is 21.9. The van der Waals surface area contributed by atoms with E-state index in [0.717, 1.165) is 49.7 Å². The van der Waals surface area contributed by atoms with Gasteiger partial charge >= 0.3 is 5.97 Å². The molecule has 0 unspecified atom stereocenters. The maximum Gasteiger partial charge on any atom is 0.303 e. The average molecular weight is 573 g/mol. The monoisotopic (exact) mass is 571 g/mol. The maximum atomic E-state index is 11.2. The molecule has 0 radical (unpaired) electrons. The fraction of sp³-hybridized carbons (Fsp3) is 0.536. The number of carbonyl (C=O) groups excluding carboxylic acids is 1. The fourth-order valence-corrected chi connectivity index (χ4v) is 4.98. The minimum absolute atomic E-state index is 0.0534. The van der Waals surface area contributed by atoms with Gasteiger partial charge in [0.15, 0.2) is 5.75 Å². The smallest absolute Gasteiger partial charge is 0.303 e. The Bertz CT molecular complexity index is 1000. The number of nitrogens with zero attached hydrogens (tertiary/aromatic N) is 1. The van der Waals surface area contributed by atoms with Crippen LogP contribution in [0.5, 0.6) is 11.5 Å². The maximum absolute atomic E-state index is 11.2. The highest BCUT2D eigenvalue weighted by Crippen LogP contribution is 2.40. The molecule has 1 fully saturated rings. The van der Waals surface area contributed by atoms with Gasteiger partial charge in [-0.2, -0.15) is 0 Å². The lowest BCUT2D eigenvalue weighted by Crippen LogP contribution is -2.39. The molecular weight excluding hydrogens is 537 g/mol. The van der Waals surface area contributed by atoms with Crippen molar-refractivity contribution < 1.29 is 23.7 Å². The molecule has 0 saturated carbocycles. The van der Waals surface area contributed by atoms with Gasteiger partial charge in [0.1, 0.15) is 18.5 Å². The Morgan fingerprint density at radius 3 is 2.22 bits per heavy atom. The number of halogens is 3. The standard InChI is InChI=1S/C28H36Cl3NO5/c1-19(16-32-9-11-34-12-10-32)17-35-23-7-5-21(6-8-23)28(3,4)22-13-25(30)27(26(31)14-22)36-18-24(15-29)37-20(2)33/h5-8,13-14,19,24H,9-12,15-18H2,1-4H3/t19-,24-/m0/s1. The molecule has 1 saturated heterocycles. The first-order valence-electron chi connectivity index (χ1n) is 12.5. The zero-order chi connectivity index (χ0) is 27.0. The van der Waals surface area contributed by atoms with Crippen molar-refractivity contribution >= 4 is 40.8 Å². The van der Waals surface area contributed by atoms with Crippen LogP contribution < -0.4 is 9.47 Å². The van der Waals surface area contributed by atoms with E-state index in [9.17, 15) is 4.79 Å². The van der Waals surface area contributed by atoms with Crippen LogP contribution in [-0.4, -0.2) is 68.9 Å². The second kappa shape index (κ2) is 13.9. The van der Waals surface area contributed by atoms with Gasteiger partial charge in [-0.1, -0.05) is 56.1 Å². The summed E-state index contributed by atoms with van der Waals surface area (Å²) >= 11 is 18.9. The Hall–Kier alpha value is -1.70. The summed E-state index contributed by atoms with van der Waals surface area (Å²) in [5.41, 5.74) is 1.67. The Kier molecular flexibility index (Phi) is 11.2. The number of esters is 1. The van der Waals surface area contributed by atoms with Gasteiger partial charge in [0, 0.05) is 37.9 Å². The van der Waals surface area contributed by atoms with E-state index in [0.29, 0.717) is 28.3 Å². The number of ether oxygens (including phenoxy) is 4. The van der Waals surface area contributed by atoms with Gasteiger partial charge in [-0.25, -0.2) is 0 Å². The van der Waals surface area contributed by atoms with Crippen molar-refractivity contribution in [3.05, 3.63) is 57.6 Å². The van der Waals surface area contributed by atoms with Crippen molar-refractivity contribution in [3.63, 3.8) is 0 Å². The first kappa shape index (κ1) is 29.9. The molecule has 2 atom stereocenters. The Morgan fingerprint density at radius 1 is 1.03 bits per heavy atom. The summed E-state index contributed by atoms with van der Waals surface area (Å²) in [5, 5.41) is 0.752. The highest BCUT2D eigenvalue weighted by Gasteiger charge is 2.26. The van der Waals surface area contributed by atoms with Crippen LogP contribution in [0.4, 0.5) is 0 Å². The molecule has 6 nitrogen and oxygen atoms in total. The van der Waals surface area contributed by atoms with Crippen molar-refractivity contribution in [1.29, 1.82) is 0 Å². The molecule has 0 spiro atoms. The van der Waals surface area contributed by atoms with Crippen LogP contribution in [-0.2, 0) is 19.7 Å². The molecule has 3 rings (SSSR count). The lowest BCUT2D eigenvalue weighted by Gasteiger charge is -2.29. The van der Waals surface area contributed by atoms with Gasteiger partial charge in [0.05, 0.1) is 35.7 Å². The van der Waals surface area contributed by atoms with Crippen molar-refractivity contribution in [1.82, 2.24) is 4.90 Å². The molecule has 0 N–H and O–H groups in total. The van der Waals surface area contributed by atoms with Crippen molar-refractivity contribution in [2.75, 3.05) is 51.9 Å². The van der Waals surface area contributed by atoms with Crippen molar-refractivity contribution in [3.8, 4) is 11.5 Å². The minimum atomic E-state index is -0.592. The van der Waals surface area contributed by atoms with E-state index < -0.39 is 12.1 Å². The lowest BCUT2D eigenvalue weighted by atomic mass is 9.78. The highest BCUT2D eigenvalue weighted by atomic mass is 35.5. The summed E-state index contributed by atoms with van der Waals surface area (Å²) in [6.45, 7) is 13.1. The Balaban J connectivity index is 1.62. The molecule has 0 aliphatic carbocycles. The van der Waals surface area contributed by atoms with Gasteiger partial charge in [-0.05, 0) is 35.4 Å². The van der Waals surface area contributed by atoms with Crippen LogP contribution in [0.3, 0.4) is 0 Å². The van der Waals surface area contributed by atoms with Crippen molar-refractivity contribution in [2.24, 2.45) is 5.92 Å². The summed E-state index contributed by atoms with van der Waals surface area (Å²) in [7, 11) is 0. The average Bonchev–Trinajstić information content (AvgIpc) is 2.86. The van der Waals surface area contributed by atoms with Crippen molar-refractivity contribution in [2.45, 2.75) is 39.2 Å². The zero-order valence-corrected chi connectivity index (χ0v) is 24.2. The Morgan fingerprint density at radius 2 is 1.65 bits per heavy atom. The van der Waals surface area contributed by atoms with Gasteiger partial charge in [0.2, 0.25) is 0 Å². The first-order chi connectivity index (χ1) is 17.6. The van der Waals surface area contributed by atoms with Gasteiger partial charge in [0.25, 0.3) is 0 Å². The SMILES string of the molecule is CC(=O)O[C@@H](CCl)COc1c(Cl)cc(C(C)(C)c2ccc(OC[C@@H](C)CN3CCOCC3)cc2)cc1Cl. The third-order valence-electron chi connectivity index (χ3n) is 6.42. The van der Waals surface area contributed by atoms with Crippen LogP contribution in [0, 0.1) is 5.92 Å². The molecule has 1 aliphatic rings. The number of morpholine rings is 1. The molecule has 37 heavy (non-hydrogen) atoms. The molecule has 2 aromatic rings. The van der Waals surface area contributed by atoms with E-state index in [1.807, 2.05) is 24.3 Å². The number of hydrogen-bond acceptors (Lipinski definition) is 6. The molecule has 0 amide bonds.